The Morgan fingerprint density at radius 3 is 2.45 bits per heavy atom. The highest BCUT2D eigenvalue weighted by molar-refractivity contribution is 7.98. The second kappa shape index (κ2) is 8.43. The van der Waals surface area contributed by atoms with Crippen molar-refractivity contribution < 1.29 is 17.2 Å². The van der Waals surface area contributed by atoms with Gasteiger partial charge in [-0.3, -0.25) is 0 Å². The monoisotopic (exact) mass is 455 g/mol. The third kappa shape index (κ3) is 5.57. The van der Waals surface area contributed by atoms with E-state index in [9.17, 15) is 12.8 Å². The molecule has 0 amide bonds. The molecule has 1 heterocycles. The summed E-state index contributed by atoms with van der Waals surface area (Å²) in [5, 5.41) is 8.49. The molecule has 3 aromatic rings. The lowest BCUT2D eigenvalue weighted by Gasteiger charge is -2.20. The van der Waals surface area contributed by atoms with E-state index in [1.165, 1.54) is 24.3 Å². The summed E-state index contributed by atoms with van der Waals surface area (Å²) in [6.07, 6.45) is 0. The van der Waals surface area contributed by atoms with Crippen molar-refractivity contribution in [1.82, 2.24) is 14.9 Å². The van der Waals surface area contributed by atoms with Crippen molar-refractivity contribution in [2.75, 3.05) is 0 Å². The van der Waals surface area contributed by atoms with Gasteiger partial charge in [0.2, 0.25) is 15.9 Å². The zero-order chi connectivity index (χ0) is 21.2. The lowest BCUT2D eigenvalue weighted by atomic mass is 10.1. The van der Waals surface area contributed by atoms with Gasteiger partial charge in [0.1, 0.15) is 5.82 Å². The predicted molar refractivity (Wildman–Crippen MR) is 111 cm³/mol. The first-order chi connectivity index (χ1) is 13.5. The van der Waals surface area contributed by atoms with Gasteiger partial charge < -0.3 is 4.42 Å². The van der Waals surface area contributed by atoms with E-state index in [0.717, 1.165) is 11.8 Å². The van der Waals surface area contributed by atoms with Gasteiger partial charge in [0.15, 0.2) is 0 Å². The quantitative estimate of drug-likeness (QED) is 0.532. The highest BCUT2D eigenvalue weighted by atomic mass is 35.5. The Bertz CT molecular complexity index is 1090. The Morgan fingerprint density at radius 2 is 1.83 bits per heavy atom. The van der Waals surface area contributed by atoms with Crippen LogP contribution in [-0.2, 0) is 15.8 Å². The molecule has 0 atom stereocenters. The molecule has 0 saturated carbocycles. The van der Waals surface area contributed by atoms with Crippen LogP contribution >= 0.6 is 23.4 Å². The lowest BCUT2D eigenvalue weighted by Crippen LogP contribution is -2.40. The zero-order valence-corrected chi connectivity index (χ0v) is 18.3. The summed E-state index contributed by atoms with van der Waals surface area (Å²) >= 11 is 7.17. The van der Waals surface area contributed by atoms with Crippen molar-refractivity contribution >= 4 is 33.4 Å². The van der Waals surface area contributed by atoms with Crippen LogP contribution in [0.25, 0.3) is 11.5 Å². The first-order valence-electron chi connectivity index (χ1n) is 8.59. The Kier molecular flexibility index (Phi) is 6.33. The number of hydrogen-bond acceptors (Lipinski definition) is 6. The van der Waals surface area contributed by atoms with E-state index in [1.54, 1.807) is 39.0 Å². The molecule has 10 heteroatoms. The van der Waals surface area contributed by atoms with Gasteiger partial charge in [-0.15, -0.1) is 10.2 Å². The van der Waals surface area contributed by atoms with Gasteiger partial charge in [-0.1, -0.05) is 29.4 Å². The van der Waals surface area contributed by atoms with Crippen LogP contribution in [-0.4, -0.2) is 24.2 Å². The number of halogens is 2. The number of thioether (sulfide) groups is 1. The number of aromatic nitrogens is 2. The normalized spacial score (nSPS) is 12.3. The summed E-state index contributed by atoms with van der Waals surface area (Å²) in [7, 11) is -3.63. The molecular weight excluding hydrogens is 437 g/mol. The van der Waals surface area contributed by atoms with Crippen LogP contribution < -0.4 is 4.72 Å². The van der Waals surface area contributed by atoms with Crippen molar-refractivity contribution in [3.63, 3.8) is 0 Å². The summed E-state index contributed by atoms with van der Waals surface area (Å²) in [5.74, 6) is 0.0771. The van der Waals surface area contributed by atoms with Crippen LogP contribution in [0.15, 0.2) is 57.0 Å². The van der Waals surface area contributed by atoms with Gasteiger partial charge in [-0.2, -0.15) is 0 Å². The fourth-order valence-electron chi connectivity index (χ4n) is 2.43. The molecule has 0 fully saturated rings. The van der Waals surface area contributed by atoms with Gasteiger partial charge in [-0.25, -0.2) is 17.5 Å². The van der Waals surface area contributed by atoms with E-state index in [1.807, 2.05) is 0 Å². The van der Waals surface area contributed by atoms with Crippen LogP contribution in [0.4, 0.5) is 4.39 Å². The second-order valence-electron chi connectivity index (χ2n) is 7.24. The fourth-order valence-corrected chi connectivity index (χ4v) is 4.95. The van der Waals surface area contributed by atoms with Crippen molar-refractivity contribution in [3.05, 3.63) is 58.9 Å². The van der Waals surface area contributed by atoms with Crippen molar-refractivity contribution in [3.8, 4) is 11.5 Å². The minimum absolute atomic E-state index is 0.138. The number of sulfonamides is 1. The molecule has 29 heavy (non-hydrogen) atoms. The lowest BCUT2D eigenvalue weighted by molar-refractivity contribution is 0.465. The molecule has 0 radical (unpaired) electrons. The molecule has 154 valence electrons. The number of nitrogens with one attached hydrogen (secondary N) is 1. The molecule has 0 spiro atoms. The second-order valence-corrected chi connectivity index (χ2v) is 10.3. The minimum atomic E-state index is -3.63. The van der Waals surface area contributed by atoms with Crippen LogP contribution in [0.2, 0.25) is 5.02 Å². The molecule has 2 aromatic carbocycles. The predicted octanol–water partition coefficient (Wildman–Crippen LogP) is 4.90. The molecule has 1 N–H and O–H groups in total. The van der Waals surface area contributed by atoms with Crippen molar-refractivity contribution in [2.45, 2.75) is 42.2 Å². The minimum Gasteiger partial charge on any atom is -0.411 e. The highest BCUT2D eigenvalue weighted by Crippen LogP contribution is 2.30. The molecule has 0 bridgehead atoms. The van der Waals surface area contributed by atoms with Crippen LogP contribution in [0.5, 0.6) is 0 Å². The third-order valence-electron chi connectivity index (χ3n) is 3.66. The van der Waals surface area contributed by atoms with Gasteiger partial charge in [0, 0.05) is 27.4 Å². The molecule has 6 nitrogen and oxygen atoms in total. The fraction of sp³-hybridized carbons (Fsp3) is 0.263. The topological polar surface area (TPSA) is 85.1 Å². The van der Waals surface area contributed by atoms with Gasteiger partial charge in [0.25, 0.3) is 5.22 Å². The Balaban J connectivity index is 1.72. The number of nitrogens with zero attached hydrogens (tertiary/aromatic N) is 2. The average molecular weight is 456 g/mol. The number of rotatable bonds is 6. The van der Waals surface area contributed by atoms with E-state index >= 15 is 0 Å². The summed E-state index contributed by atoms with van der Waals surface area (Å²) in [6, 6.07) is 10.6. The smallest absolute Gasteiger partial charge is 0.277 e. The molecule has 0 aliphatic carbocycles. The van der Waals surface area contributed by atoms with Gasteiger partial charge in [-0.05, 0) is 57.2 Å². The maximum atomic E-state index is 13.8. The van der Waals surface area contributed by atoms with Crippen molar-refractivity contribution in [2.24, 2.45) is 0 Å². The average Bonchev–Trinajstić information content (AvgIpc) is 3.08. The van der Waals surface area contributed by atoms with Crippen LogP contribution in [0, 0.1) is 5.82 Å². The molecule has 0 saturated heterocycles. The largest absolute Gasteiger partial charge is 0.411 e. The highest BCUT2D eigenvalue weighted by Gasteiger charge is 2.22. The van der Waals surface area contributed by atoms with Crippen LogP contribution in [0.1, 0.15) is 26.3 Å². The molecule has 0 aliphatic heterocycles. The molecular formula is C19H19ClFN3O3S2. The first-order valence-corrected chi connectivity index (χ1v) is 11.4. The van der Waals surface area contributed by atoms with E-state index < -0.39 is 21.4 Å². The SMILES string of the molecule is CC(C)(C)NS(=O)(=O)c1ccc(-c2nnc(SCc3c(F)cccc3Cl)o2)cc1. The maximum Gasteiger partial charge on any atom is 0.277 e. The Labute approximate surface area is 177 Å². The van der Waals surface area contributed by atoms with Crippen molar-refractivity contribution in [1.29, 1.82) is 0 Å². The summed E-state index contributed by atoms with van der Waals surface area (Å²) < 4.78 is 46.8. The standard InChI is InChI=1S/C19H19ClFN3O3S2/c1-19(2,3)24-29(25,26)13-9-7-12(8-10-13)17-22-23-18(27-17)28-11-14-15(20)5-4-6-16(14)21/h4-10,24H,11H2,1-3H3. The Morgan fingerprint density at radius 1 is 1.14 bits per heavy atom. The summed E-state index contributed by atoms with van der Waals surface area (Å²) in [6.45, 7) is 5.31. The maximum absolute atomic E-state index is 13.8. The van der Waals surface area contributed by atoms with E-state index in [-0.39, 0.29) is 21.8 Å². The third-order valence-corrected chi connectivity index (χ3v) is 6.63. The van der Waals surface area contributed by atoms with Crippen LogP contribution in [0.3, 0.4) is 0 Å². The number of hydrogen-bond donors (Lipinski definition) is 1. The van der Waals surface area contributed by atoms with E-state index in [0.29, 0.717) is 16.1 Å². The molecule has 3 rings (SSSR count). The molecule has 0 unspecified atom stereocenters. The van der Waals surface area contributed by atoms with Gasteiger partial charge in [0.05, 0.1) is 4.90 Å². The summed E-state index contributed by atoms with van der Waals surface area (Å²) in [5.41, 5.74) is 0.347. The molecule has 0 aliphatic rings. The zero-order valence-electron chi connectivity index (χ0n) is 15.9. The van der Waals surface area contributed by atoms with Gasteiger partial charge >= 0.3 is 0 Å². The first kappa shape index (κ1) is 21.8. The molecule has 1 aromatic heterocycles. The number of benzene rings is 2. The van der Waals surface area contributed by atoms with E-state index in [4.69, 9.17) is 16.0 Å². The Hall–Kier alpha value is -1.94. The van der Waals surface area contributed by atoms with E-state index in [2.05, 4.69) is 14.9 Å². The summed E-state index contributed by atoms with van der Waals surface area (Å²) in [4.78, 5) is 0.138.